The van der Waals surface area contributed by atoms with E-state index in [1.165, 1.54) is 23.3 Å². The summed E-state index contributed by atoms with van der Waals surface area (Å²) in [6.07, 6.45) is 7.42. The Morgan fingerprint density at radius 1 is 1.48 bits per heavy atom. The van der Waals surface area contributed by atoms with Gasteiger partial charge in [-0.15, -0.1) is 11.3 Å². The molecule has 3 rings (SSSR count). The van der Waals surface area contributed by atoms with Crippen LogP contribution in [0.3, 0.4) is 0 Å². The molecule has 6 nitrogen and oxygen atoms in total. The smallest absolute Gasteiger partial charge is 0.224 e. The molecule has 25 heavy (non-hydrogen) atoms. The number of nitrogens with two attached hydrogens (primary N) is 1. The summed E-state index contributed by atoms with van der Waals surface area (Å²) in [5.41, 5.74) is 6.51. The van der Waals surface area contributed by atoms with Crippen LogP contribution in [0, 0.1) is 5.92 Å². The van der Waals surface area contributed by atoms with E-state index in [-0.39, 0.29) is 12.3 Å². The molecule has 1 amide bonds. The molecule has 0 aromatic carbocycles. The van der Waals surface area contributed by atoms with Crippen molar-refractivity contribution in [2.45, 2.75) is 32.2 Å². The first-order valence-corrected chi connectivity index (χ1v) is 9.37. The summed E-state index contributed by atoms with van der Waals surface area (Å²) in [7, 11) is 1.65. The number of pyridine rings is 1. The molecule has 1 aliphatic heterocycles. The fourth-order valence-electron chi connectivity index (χ4n) is 3.36. The Labute approximate surface area is 152 Å². The first kappa shape index (κ1) is 17.8. The van der Waals surface area contributed by atoms with Crippen LogP contribution in [0.25, 0.3) is 0 Å². The van der Waals surface area contributed by atoms with Crippen molar-refractivity contribution in [1.82, 2.24) is 14.9 Å². The van der Waals surface area contributed by atoms with Gasteiger partial charge in [-0.3, -0.25) is 9.69 Å². The molecular formula is C18H24N4O2S. The number of likely N-dealkylation sites (tertiary alicyclic amines) is 1. The Morgan fingerprint density at radius 2 is 2.36 bits per heavy atom. The zero-order valence-electron chi connectivity index (χ0n) is 14.5. The third kappa shape index (κ3) is 5.24. The second kappa shape index (κ2) is 8.40. The van der Waals surface area contributed by atoms with Gasteiger partial charge < -0.3 is 10.5 Å². The van der Waals surface area contributed by atoms with Gasteiger partial charge >= 0.3 is 0 Å². The van der Waals surface area contributed by atoms with Crippen molar-refractivity contribution in [2.75, 3.05) is 20.2 Å². The standard InChI is InChI=1S/C18H24N4O2S/c1-24-17-8-13(4-5-20-17)7-14-3-2-6-22(11-14)12-15-10-21-18(25-15)9-16(19)23/h4-5,8,10,14H,2-3,6-7,9,11-12H2,1H3,(H2,19,23). The summed E-state index contributed by atoms with van der Waals surface area (Å²) in [6, 6.07) is 4.10. The van der Waals surface area contributed by atoms with E-state index in [0.29, 0.717) is 11.8 Å². The Hall–Kier alpha value is -1.99. The topological polar surface area (TPSA) is 81.3 Å². The van der Waals surface area contributed by atoms with E-state index in [0.717, 1.165) is 31.1 Å². The zero-order chi connectivity index (χ0) is 17.6. The number of carbonyl (C=O) groups excluding carboxylic acids is 1. The number of carbonyl (C=O) groups is 1. The van der Waals surface area contributed by atoms with Gasteiger partial charge in [0.05, 0.1) is 13.5 Å². The average molecular weight is 360 g/mol. The maximum Gasteiger partial charge on any atom is 0.224 e. The van der Waals surface area contributed by atoms with Crippen LogP contribution in [0.5, 0.6) is 5.88 Å². The van der Waals surface area contributed by atoms with Gasteiger partial charge in [-0.2, -0.15) is 0 Å². The largest absolute Gasteiger partial charge is 0.481 e. The van der Waals surface area contributed by atoms with E-state index in [1.807, 2.05) is 18.5 Å². The van der Waals surface area contributed by atoms with Crippen LogP contribution in [0.15, 0.2) is 24.5 Å². The molecule has 2 aromatic rings. The van der Waals surface area contributed by atoms with Gasteiger partial charge in [-0.25, -0.2) is 9.97 Å². The minimum Gasteiger partial charge on any atom is -0.481 e. The van der Waals surface area contributed by atoms with Crippen molar-refractivity contribution in [3.05, 3.63) is 40.0 Å². The van der Waals surface area contributed by atoms with Crippen molar-refractivity contribution in [1.29, 1.82) is 0 Å². The summed E-state index contributed by atoms with van der Waals surface area (Å²) in [5.74, 6) is 0.988. The Bertz CT molecular complexity index is 719. The summed E-state index contributed by atoms with van der Waals surface area (Å²) >= 11 is 1.59. The predicted molar refractivity (Wildman–Crippen MR) is 97.5 cm³/mol. The lowest BCUT2D eigenvalue weighted by atomic mass is 9.91. The summed E-state index contributed by atoms with van der Waals surface area (Å²) in [4.78, 5) is 23.1. The highest BCUT2D eigenvalue weighted by Gasteiger charge is 2.21. The van der Waals surface area contributed by atoms with Gasteiger partial charge in [0.15, 0.2) is 0 Å². The molecule has 3 heterocycles. The fourth-order valence-corrected chi connectivity index (χ4v) is 4.33. The number of hydrogen-bond donors (Lipinski definition) is 1. The number of piperidine rings is 1. The van der Waals surface area contributed by atoms with Crippen molar-refractivity contribution < 1.29 is 9.53 Å². The van der Waals surface area contributed by atoms with Crippen molar-refractivity contribution in [3.63, 3.8) is 0 Å². The number of hydrogen-bond acceptors (Lipinski definition) is 6. The highest BCUT2D eigenvalue weighted by atomic mass is 32.1. The van der Waals surface area contributed by atoms with Gasteiger partial charge in [0.2, 0.25) is 11.8 Å². The van der Waals surface area contributed by atoms with Gasteiger partial charge in [-0.05, 0) is 43.4 Å². The molecule has 134 valence electrons. The number of rotatable bonds is 7. The summed E-state index contributed by atoms with van der Waals surface area (Å²) in [6.45, 7) is 3.08. The van der Waals surface area contributed by atoms with E-state index in [2.05, 4.69) is 20.9 Å². The molecular weight excluding hydrogens is 336 g/mol. The highest BCUT2D eigenvalue weighted by molar-refractivity contribution is 7.11. The lowest BCUT2D eigenvalue weighted by molar-refractivity contribution is -0.117. The van der Waals surface area contributed by atoms with Crippen LogP contribution in [-0.4, -0.2) is 41.0 Å². The molecule has 2 N–H and O–H groups in total. The summed E-state index contributed by atoms with van der Waals surface area (Å²) in [5, 5.41) is 0.806. The number of methoxy groups -OCH3 is 1. The molecule has 0 radical (unpaired) electrons. The fraction of sp³-hybridized carbons (Fsp3) is 0.500. The van der Waals surface area contributed by atoms with Crippen LogP contribution in [-0.2, 0) is 24.2 Å². The SMILES string of the molecule is COc1cc(CC2CCCN(Cc3cnc(CC(N)=O)s3)C2)ccn1. The average Bonchev–Trinajstić information content (AvgIpc) is 3.01. The second-order valence-electron chi connectivity index (χ2n) is 6.52. The number of primary amides is 1. The third-order valence-electron chi connectivity index (χ3n) is 4.44. The molecule has 0 saturated carbocycles. The molecule has 0 aliphatic carbocycles. The van der Waals surface area contributed by atoms with E-state index >= 15 is 0 Å². The maximum absolute atomic E-state index is 11.0. The van der Waals surface area contributed by atoms with Gasteiger partial charge in [0, 0.05) is 36.4 Å². The first-order chi connectivity index (χ1) is 12.1. The number of aromatic nitrogens is 2. The van der Waals surface area contributed by atoms with E-state index in [9.17, 15) is 4.79 Å². The molecule has 1 fully saturated rings. The van der Waals surface area contributed by atoms with Crippen LogP contribution >= 0.6 is 11.3 Å². The molecule has 0 bridgehead atoms. The first-order valence-electron chi connectivity index (χ1n) is 8.55. The predicted octanol–water partition coefficient (Wildman–Crippen LogP) is 2.03. The van der Waals surface area contributed by atoms with Crippen LogP contribution in [0.2, 0.25) is 0 Å². The quantitative estimate of drug-likeness (QED) is 0.817. The minimum absolute atomic E-state index is 0.233. The number of amides is 1. The molecule has 0 spiro atoms. The van der Waals surface area contributed by atoms with Gasteiger partial charge in [0.1, 0.15) is 5.01 Å². The minimum atomic E-state index is -0.327. The molecule has 1 unspecified atom stereocenters. The molecule has 1 atom stereocenters. The van der Waals surface area contributed by atoms with Gasteiger partial charge in [0.25, 0.3) is 0 Å². The van der Waals surface area contributed by atoms with Crippen molar-refractivity contribution >= 4 is 17.2 Å². The lowest BCUT2D eigenvalue weighted by Gasteiger charge is -2.32. The molecule has 7 heteroatoms. The lowest BCUT2D eigenvalue weighted by Crippen LogP contribution is -2.35. The highest BCUT2D eigenvalue weighted by Crippen LogP contribution is 2.24. The van der Waals surface area contributed by atoms with Gasteiger partial charge in [-0.1, -0.05) is 0 Å². The maximum atomic E-state index is 11.0. The number of nitrogens with zero attached hydrogens (tertiary/aromatic N) is 3. The Morgan fingerprint density at radius 3 is 3.16 bits per heavy atom. The molecule has 2 aromatic heterocycles. The van der Waals surface area contributed by atoms with Crippen molar-refractivity contribution in [2.24, 2.45) is 11.7 Å². The molecule has 1 aliphatic rings. The van der Waals surface area contributed by atoms with Crippen molar-refractivity contribution in [3.8, 4) is 5.88 Å². The zero-order valence-corrected chi connectivity index (χ0v) is 15.3. The summed E-state index contributed by atoms with van der Waals surface area (Å²) < 4.78 is 5.21. The van der Waals surface area contributed by atoms with E-state index in [4.69, 9.17) is 10.5 Å². The normalized spacial score (nSPS) is 18.2. The monoisotopic (exact) mass is 360 g/mol. The van der Waals surface area contributed by atoms with Crippen LogP contribution in [0.4, 0.5) is 0 Å². The number of thiazole rings is 1. The number of ether oxygens (including phenoxy) is 1. The van der Waals surface area contributed by atoms with E-state index in [1.54, 1.807) is 18.4 Å². The van der Waals surface area contributed by atoms with E-state index < -0.39 is 0 Å². The van der Waals surface area contributed by atoms with Crippen LogP contribution < -0.4 is 10.5 Å². The third-order valence-corrected chi connectivity index (χ3v) is 5.42. The molecule has 1 saturated heterocycles. The Kier molecular flexibility index (Phi) is 5.99. The Balaban J connectivity index is 1.55. The van der Waals surface area contributed by atoms with Crippen LogP contribution in [0.1, 0.15) is 28.3 Å². The second-order valence-corrected chi connectivity index (χ2v) is 7.72.